The third-order valence-electron chi connectivity index (χ3n) is 6.31. The van der Waals surface area contributed by atoms with Crippen LogP contribution in [0.1, 0.15) is 144 Å². The zero-order valence-electron chi connectivity index (χ0n) is 22.9. The number of hydrogen-bond donors (Lipinski definition) is 1. The van der Waals surface area contributed by atoms with E-state index in [0.717, 1.165) is 19.5 Å². The van der Waals surface area contributed by atoms with Gasteiger partial charge in [-0.15, -0.1) is 0 Å². The van der Waals surface area contributed by atoms with Crippen LogP contribution in [0.15, 0.2) is 0 Å². The average molecular weight is 449 g/mol. The number of rotatable bonds is 26. The van der Waals surface area contributed by atoms with Crippen molar-refractivity contribution in [1.29, 1.82) is 0 Å². The molecule has 0 aliphatic heterocycles. The molecule has 0 saturated heterocycles. The Balaban J connectivity index is -0.00000420. The molecule has 0 heterocycles. The molecule has 0 spiro atoms. The zero-order valence-corrected chi connectivity index (χ0v) is 23.9. The number of amides is 1. The van der Waals surface area contributed by atoms with Crippen LogP contribution in [-0.4, -0.2) is 37.5 Å². The van der Waals surface area contributed by atoms with E-state index < -0.39 is 0 Å². The van der Waals surface area contributed by atoms with Gasteiger partial charge >= 0.3 is 29.6 Å². The number of carbonyl (C=O) groups excluding carboxylic acids is 1. The van der Waals surface area contributed by atoms with Crippen molar-refractivity contribution in [1.82, 2.24) is 10.2 Å². The van der Waals surface area contributed by atoms with Crippen LogP contribution < -0.4 is 34.9 Å². The summed E-state index contributed by atoms with van der Waals surface area (Å²) in [5.41, 5.74) is 0. The predicted molar refractivity (Wildman–Crippen MR) is 135 cm³/mol. The van der Waals surface area contributed by atoms with E-state index in [-0.39, 0.29) is 31.0 Å². The molecule has 1 N–H and O–H groups in total. The van der Waals surface area contributed by atoms with E-state index in [1.165, 1.54) is 142 Å². The summed E-state index contributed by atoms with van der Waals surface area (Å²) in [5, 5.41) is 2.83. The topological polar surface area (TPSA) is 32.3 Å². The van der Waals surface area contributed by atoms with Crippen molar-refractivity contribution >= 4 is 6.41 Å². The summed E-state index contributed by atoms with van der Waals surface area (Å²) in [6.45, 7) is 8.78. The second kappa shape index (κ2) is 30.4. The molecule has 0 aliphatic rings. The van der Waals surface area contributed by atoms with E-state index in [0.29, 0.717) is 0 Å². The van der Waals surface area contributed by atoms with E-state index in [1.54, 1.807) is 0 Å². The molecule has 0 aromatic heterocycles. The normalized spacial score (nSPS) is 10.9. The Bertz CT molecular complexity index is 311. The minimum Gasteiger partial charge on any atom is -1.00 e. The molecule has 0 aromatic rings. The Labute approximate surface area is 220 Å². The van der Waals surface area contributed by atoms with Crippen molar-refractivity contribution in [2.75, 3.05) is 26.2 Å². The fourth-order valence-corrected chi connectivity index (χ4v) is 4.26. The van der Waals surface area contributed by atoms with Crippen LogP contribution in [0.25, 0.3) is 0 Å². The molecule has 1 amide bonds. The first kappa shape index (κ1) is 33.6. The van der Waals surface area contributed by atoms with Crippen LogP contribution in [0, 0.1) is 0 Å². The van der Waals surface area contributed by atoms with Crippen LogP contribution in [0.2, 0.25) is 0 Å². The average Bonchev–Trinajstić information content (AvgIpc) is 2.76. The molecule has 0 saturated carbocycles. The van der Waals surface area contributed by atoms with Gasteiger partial charge in [-0.05, 0) is 25.9 Å². The molecule has 0 bridgehead atoms. The van der Waals surface area contributed by atoms with Crippen molar-refractivity contribution in [3.8, 4) is 0 Å². The molecule has 182 valence electrons. The number of carbonyl (C=O) groups is 1. The zero-order chi connectivity index (χ0) is 22.0. The minimum atomic E-state index is 0. The summed E-state index contributed by atoms with van der Waals surface area (Å²) in [4.78, 5) is 13.1. The smallest absolute Gasteiger partial charge is 1.00 e. The van der Waals surface area contributed by atoms with Crippen molar-refractivity contribution < 1.29 is 35.8 Å². The molecular weight excluding hydrogens is 391 g/mol. The van der Waals surface area contributed by atoms with Gasteiger partial charge in [0.1, 0.15) is 0 Å². The second-order valence-electron chi connectivity index (χ2n) is 9.28. The third-order valence-corrected chi connectivity index (χ3v) is 6.31. The van der Waals surface area contributed by atoms with Crippen LogP contribution >= 0.6 is 0 Å². The van der Waals surface area contributed by atoms with Gasteiger partial charge in [-0.3, -0.25) is 4.79 Å². The SMILES string of the molecule is CCCCCCCCCCCCN(CCCCCCCCCCCC)CCNC=O.[H-].[Na+]. The third kappa shape index (κ3) is 28.4. The molecule has 4 heteroatoms. The summed E-state index contributed by atoms with van der Waals surface area (Å²) in [7, 11) is 0. The summed E-state index contributed by atoms with van der Waals surface area (Å²) < 4.78 is 0. The summed E-state index contributed by atoms with van der Waals surface area (Å²) in [6, 6.07) is 0. The van der Waals surface area contributed by atoms with Crippen LogP contribution in [-0.2, 0) is 4.79 Å². The molecule has 31 heavy (non-hydrogen) atoms. The van der Waals surface area contributed by atoms with E-state index in [4.69, 9.17) is 0 Å². The maximum atomic E-state index is 10.5. The van der Waals surface area contributed by atoms with E-state index in [1.807, 2.05) is 0 Å². The Kier molecular flexibility index (Phi) is 33.0. The first-order valence-electron chi connectivity index (χ1n) is 13.7. The minimum absolute atomic E-state index is 0. The van der Waals surface area contributed by atoms with Gasteiger partial charge in [-0.1, -0.05) is 129 Å². The van der Waals surface area contributed by atoms with Gasteiger partial charge < -0.3 is 11.6 Å². The molecule has 0 fully saturated rings. The second-order valence-corrected chi connectivity index (χ2v) is 9.28. The molecule has 3 nitrogen and oxygen atoms in total. The fourth-order valence-electron chi connectivity index (χ4n) is 4.26. The standard InChI is InChI=1S/C27H56N2O.Na.H/c1-3-5-7-9-11-13-15-17-19-21-24-29(26-23-28-27-30)25-22-20-18-16-14-12-10-8-6-4-2;;/h27H,3-26H2,1-2H3,(H,28,30);;/q;+1;-1. The first-order valence-corrected chi connectivity index (χ1v) is 13.7. The van der Waals surface area contributed by atoms with Gasteiger partial charge in [-0.2, -0.15) is 0 Å². The van der Waals surface area contributed by atoms with Crippen LogP contribution in [0.4, 0.5) is 0 Å². The number of unbranched alkanes of at least 4 members (excludes halogenated alkanes) is 18. The fraction of sp³-hybridized carbons (Fsp3) is 0.963. The Morgan fingerprint density at radius 3 is 1.19 bits per heavy atom. The molecule has 0 radical (unpaired) electrons. The summed E-state index contributed by atoms with van der Waals surface area (Å²) in [6.07, 6.45) is 28.8. The van der Waals surface area contributed by atoms with Gasteiger partial charge in [-0.25, -0.2) is 0 Å². The Morgan fingerprint density at radius 2 is 0.871 bits per heavy atom. The van der Waals surface area contributed by atoms with Gasteiger partial charge in [0.05, 0.1) is 0 Å². The Morgan fingerprint density at radius 1 is 0.548 bits per heavy atom. The number of hydrogen-bond acceptors (Lipinski definition) is 2. The van der Waals surface area contributed by atoms with Crippen molar-refractivity contribution in [2.24, 2.45) is 0 Å². The van der Waals surface area contributed by atoms with Crippen LogP contribution in [0.3, 0.4) is 0 Å². The van der Waals surface area contributed by atoms with E-state index in [9.17, 15) is 4.79 Å². The number of nitrogens with zero attached hydrogens (tertiary/aromatic N) is 1. The Hall–Kier alpha value is 0.430. The van der Waals surface area contributed by atoms with Gasteiger partial charge in [0.2, 0.25) is 6.41 Å². The van der Waals surface area contributed by atoms with Gasteiger partial charge in [0.15, 0.2) is 0 Å². The predicted octanol–water partition coefficient (Wildman–Crippen LogP) is 4.99. The summed E-state index contributed by atoms with van der Waals surface area (Å²) in [5.74, 6) is 0. The summed E-state index contributed by atoms with van der Waals surface area (Å²) >= 11 is 0. The van der Waals surface area contributed by atoms with Gasteiger partial charge in [0, 0.05) is 13.1 Å². The van der Waals surface area contributed by atoms with Crippen molar-refractivity contribution in [2.45, 2.75) is 142 Å². The molecule has 0 aromatic carbocycles. The number of nitrogens with one attached hydrogen (secondary N) is 1. The van der Waals surface area contributed by atoms with Gasteiger partial charge in [0.25, 0.3) is 0 Å². The quantitative estimate of drug-likeness (QED) is 0.115. The van der Waals surface area contributed by atoms with Crippen molar-refractivity contribution in [3.63, 3.8) is 0 Å². The molecular formula is C27H57N2NaO. The molecule has 0 unspecified atom stereocenters. The monoisotopic (exact) mass is 448 g/mol. The maximum Gasteiger partial charge on any atom is 1.00 e. The molecule has 0 aliphatic carbocycles. The maximum absolute atomic E-state index is 10.5. The van der Waals surface area contributed by atoms with E-state index in [2.05, 4.69) is 24.1 Å². The van der Waals surface area contributed by atoms with Crippen LogP contribution in [0.5, 0.6) is 0 Å². The molecule has 0 rings (SSSR count). The first-order chi connectivity index (χ1) is 14.8. The largest absolute Gasteiger partial charge is 1.00 e. The van der Waals surface area contributed by atoms with Crippen molar-refractivity contribution in [3.05, 3.63) is 0 Å². The molecule has 0 atom stereocenters. The van der Waals surface area contributed by atoms with E-state index >= 15 is 0 Å².